The molecule has 2 fully saturated rings. The molecule has 0 radical (unpaired) electrons. The number of aryl methyl sites for hydroxylation is 1. The molecule has 1 unspecified atom stereocenters. The van der Waals surface area contributed by atoms with E-state index in [9.17, 15) is 9.65 Å². The van der Waals surface area contributed by atoms with E-state index in [2.05, 4.69) is 21.4 Å². The van der Waals surface area contributed by atoms with Gasteiger partial charge in [0.2, 0.25) is 5.88 Å². The van der Waals surface area contributed by atoms with Gasteiger partial charge in [0.1, 0.15) is 29.7 Å². The first-order valence-electron chi connectivity index (χ1n) is 11.9. The van der Waals surface area contributed by atoms with E-state index in [4.69, 9.17) is 14.5 Å². The smallest absolute Gasteiger partial charge is 0.220 e. The molecule has 5 rings (SSSR count). The molecule has 35 heavy (non-hydrogen) atoms. The van der Waals surface area contributed by atoms with E-state index in [0.717, 1.165) is 19.3 Å². The second-order valence-electron chi connectivity index (χ2n) is 9.36. The van der Waals surface area contributed by atoms with Crippen LogP contribution in [-0.4, -0.2) is 34.3 Å². The van der Waals surface area contributed by atoms with Crippen LogP contribution in [0.2, 0.25) is 0 Å². The average Bonchev–Trinajstić information content (AvgIpc) is 3.45. The molecule has 1 aliphatic carbocycles. The van der Waals surface area contributed by atoms with Gasteiger partial charge >= 0.3 is 0 Å². The molecule has 9 heteroatoms. The Balaban J connectivity index is 1.57. The van der Waals surface area contributed by atoms with E-state index >= 15 is 4.39 Å². The van der Waals surface area contributed by atoms with Crippen LogP contribution in [0.25, 0.3) is 11.0 Å². The quantitative estimate of drug-likeness (QED) is 0.485. The van der Waals surface area contributed by atoms with Gasteiger partial charge in [0.25, 0.3) is 0 Å². The minimum atomic E-state index is -1.42. The highest BCUT2D eigenvalue weighted by molar-refractivity contribution is 5.88. The Kier molecular flexibility index (Phi) is 6.01. The highest BCUT2D eigenvalue weighted by atomic mass is 19.1. The van der Waals surface area contributed by atoms with Crippen LogP contribution in [0, 0.1) is 24.1 Å². The third-order valence-electron chi connectivity index (χ3n) is 6.72. The first kappa shape index (κ1) is 23.4. The van der Waals surface area contributed by atoms with Gasteiger partial charge in [-0.1, -0.05) is 18.2 Å². The summed E-state index contributed by atoms with van der Waals surface area (Å²) in [5, 5.41) is 13.8. The molecule has 7 nitrogen and oxygen atoms in total. The molecule has 1 saturated heterocycles. The van der Waals surface area contributed by atoms with Crippen LogP contribution in [0.3, 0.4) is 0 Å². The fourth-order valence-corrected chi connectivity index (χ4v) is 4.51. The van der Waals surface area contributed by atoms with Gasteiger partial charge in [0.05, 0.1) is 36.1 Å². The lowest BCUT2D eigenvalue weighted by Crippen LogP contribution is -2.20. The Morgan fingerprint density at radius 1 is 1.23 bits per heavy atom. The number of nitrogens with zero attached hydrogens (tertiary/aromatic N) is 4. The van der Waals surface area contributed by atoms with Crippen LogP contribution in [0.4, 0.5) is 14.6 Å². The average molecular weight is 480 g/mol. The summed E-state index contributed by atoms with van der Waals surface area (Å²) in [6.45, 7) is 5.96. The van der Waals surface area contributed by atoms with Crippen molar-refractivity contribution in [1.82, 2.24) is 15.0 Å². The molecule has 2 aromatic heterocycles. The zero-order valence-corrected chi connectivity index (χ0v) is 19.9. The maximum Gasteiger partial charge on any atom is 0.220 e. The lowest BCUT2D eigenvalue weighted by Gasteiger charge is -2.21. The summed E-state index contributed by atoms with van der Waals surface area (Å²) in [5.41, 5.74) is 0.835. The first-order chi connectivity index (χ1) is 16.8. The molecule has 3 heterocycles. The van der Waals surface area contributed by atoms with E-state index in [0.29, 0.717) is 52.9 Å². The van der Waals surface area contributed by atoms with Gasteiger partial charge in [0.15, 0.2) is 5.65 Å². The second kappa shape index (κ2) is 9.00. The zero-order valence-electron chi connectivity index (χ0n) is 19.9. The third kappa shape index (κ3) is 4.39. The summed E-state index contributed by atoms with van der Waals surface area (Å²) >= 11 is 0. The second-order valence-corrected chi connectivity index (χ2v) is 9.36. The summed E-state index contributed by atoms with van der Waals surface area (Å²) in [5.74, 6) is 0.777. The zero-order chi connectivity index (χ0) is 24.7. The standard InChI is InChI=1S/C26H27F2N5O2/c1-14(27)18-5-4-6-19(22(18)28)15(2)30-23-20-11-21(26(13-29)8-9-26)25(35-17-7-10-34-12-17)33-24(20)32-16(3)31-23/h4-6,11,14-15,17H,7-10,12H2,1-3H3,(H,30,31,32,33)/t14?,15-,17+/m1/s1. The molecular weight excluding hydrogens is 452 g/mol. The summed E-state index contributed by atoms with van der Waals surface area (Å²) < 4.78 is 40.5. The molecule has 1 aromatic carbocycles. The van der Waals surface area contributed by atoms with E-state index in [1.165, 1.54) is 13.0 Å². The maximum atomic E-state index is 15.0. The molecule has 2 aliphatic rings. The summed E-state index contributed by atoms with van der Waals surface area (Å²) in [6.07, 6.45) is 0.662. The number of pyridine rings is 1. The van der Waals surface area contributed by atoms with Crippen molar-refractivity contribution in [2.24, 2.45) is 0 Å². The SMILES string of the molecule is Cc1nc(N[C@H](C)c2cccc(C(C)F)c2F)c2cc(C3(C#N)CC3)c(O[C@H]3CCOC3)nc2n1. The Hall–Kier alpha value is -3.38. The number of benzene rings is 1. The van der Waals surface area contributed by atoms with Crippen molar-refractivity contribution in [3.8, 4) is 11.9 Å². The molecule has 0 bridgehead atoms. The van der Waals surface area contributed by atoms with Gasteiger partial charge < -0.3 is 14.8 Å². The van der Waals surface area contributed by atoms with Gasteiger partial charge in [-0.2, -0.15) is 10.2 Å². The number of ether oxygens (including phenoxy) is 2. The van der Waals surface area contributed by atoms with Crippen LogP contribution < -0.4 is 10.1 Å². The molecule has 182 valence electrons. The molecule has 3 atom stereocenters. The number of nitriles is 1. The Morgan fingerprint density at radius 2 is 2.00 bits per heavy atom. The van der Waals surface area contributed by atoms with E-state index in [1.807, 2.05) is 6.07 Å². The Labute approximate surface area is 202 Å². The monoisotopic (exact) mass is 479 g/mol. The van der Waals surface area contributed by atoms with Crippen LogP contribution in [0.5, 0.6) is 5.88 Å². The number of hydrogen-bond donors (Lipinski definition) is 1. The number of aromatic nitrogens is 3. The lowest BCUT2D eigenvalue weighted by molar-refractivity contribution is 0.137. The number of rotatable bonds is 7. The topological polar surface area (TPSA) is 93.0 Å². The minimum absolute atomic E-state index is 0.0196. The third-order valence-corrected chi connectivity index (χ3v) is 6.72. The number of fused-ring (bicyclic) bond motifs is 1. The van der Waals surface area contributed by atoms with Crippen molar-refractivity contribution in [3.05, 3.63) is 52.6 Å². The van der Waals surface area contributed by atoms with Crippen LogP contribution in [-0.2, 0) is 10.2 Å². The van der Waals surface area contributed by atoms with Gasteiger partial charge in [-0.3, -0.25) is 0 Å². The van der Waals surface area contributed by atoms with Crippen molar-refractivity contribution in [2.45, 2.75) is 63.8 Å². The molecule has 0 amide bonds. The number of nitrogens with one attached hydrogen (secondary N) is 1. The van der Waals surface area contributed by atoms with Gasteiger partial charge in [0, 0.05) is 23.1 Å². The molecule has 1 saturated carbocycles. The first-order valence-corrected chi connectivity index (χ1v) is 11.9. The van der Waals surface area contributed by atoms with Crippen molar-refractivity contribution in [1.29, 1.82) is 5.26 Å². The fraction of sp³-hybridized carbons (Fsp3) is 0.462. The van der Waals surface area contributed by atoms with Crippen LogP contribution in [0.1, 0.15) is 67.8 Å². The molecule has 3 aromatic rings. The van der Waals surface area contributed by atoms with Crippen molar-refractivity contribution in [2.75, 3.05) is 18.5 Å². The number of alkyl halides is 1. The predicted octanol–water partition coefficient (Wildman–Crippen LogP) is 5.40. The number of halogens is 2. The van der Waals surface area contributed by atoms with E-state index in [1.54, 1.807) is 26.0 Å². The predicted molar refractivity (Wildman–Crippen MR) is 126 cm³/mol. The normalized spacial score (nSPS) is 20.3. The maximum absolute atomic E-state index is 15.0. The highest BCUT2D eigenvalue weighted by Gasteiger charge is 2.48. The summed E-state index contributed by atoms with van der Waals surface area (Å²) in [6, 6.07) is 8.51. The van der Waals surface area contributed by atoms with Gasteiger partial charge in [-0.15, -0.1) is 0 Å². The van der Waals surface area contributed by atoms with Crippen LogP contribution in [0.15, 0.2) is 24.3 Å². The largest absolute Gasteiger partial charge is 0.472 e. The lowest BCUT2D eigenvalue weighted by atomic mass is 9.97. The van der Waals surface area contributed by atoms with Crippen molar-refractivity contribution >= 4 is 16.9 Å². The van der Waals surface area contributed by atoms with E-state index < -0.39 is 23.4 Å². The van der Waals surface area contributed by atoms with E-state index in [-0.39, 0.29) is 11.7 Å². The number of anilines is 1. The summed E-state index contributed by atoms with van der Waals surface area (Å²) in [4.78, 5) is 13.8. The molecule has 1 aliphatic heterocycles. The fourth-order valence-electron chi connectivity index (χ4n) is 4.51. The van der Waals surface area contributed by atoms with Crippen LogP contribution >= 0.6 is 0 Å². The minimum Gasteiger partial charge on any atom is -0.472 e. The molecule has 1 N–H and O–H groups in total. The van der Waals surface area contributed by atoms with Gasteiger partial charge in [-0.25, -0.2) is 18.7 Å². The Bertz CT molecular complexity index is 1310. The highest BCUT2D eigenvalue weighted by Crippen LogP contribution is 2.51. The van der Waals surface area contributed by atoms with Crippen molar-refractivity contribution in [3.63, 3.8) is 0 Å². The van der Waals surface area contributed by atoms with Gasteiger partial charge in [-0.05, 0) is 39.7 Å². The van der Waals surface area contributed by atoms with Crippen molar-refractivity contribution < 1.29 is 18.3 Å². The molecule has 0 spiro atoms. The summed E-state index contributed by atoms with van der Waals surface area (Å²) in [7, 11) is 0. The number of hydrogen-bond acceptors (Lipinski definition) is 7. The Morgan fingerprint density at radius 3 is 2.66 bits per heavy atom. The molecular formula is C26H27F2N5O2.